The summed E-state index contributed by atoms with van der Waals surface area (Å²) in [7, 11) is 4.04. The van der Waals surface area contributed by atoms with E-state index in [1.807, 2.05) is 55.2 Å². The fourth-order valence-electron chi connectivity index (χ4n) is 2.99. The summed E-state index contributed by atoms with van der Waals surface area (Å²) in [5, 5.41) is 5.40. The summed E-state index contributed by atoms with van der Waals surface area (Å²) in [6, 6.07) is 16.2. The zero-order valence-corrected chi connectivity index (χ0v) is 15.6. The van der Waals surface area contributed by atoms with Gasteiger partial charge in [-0.1, -0.05) is 29.8 Å². The molecule has 0 fully saturated rings. The zero-order valence-electron chi connectivity index (χ0n) is 14.1. The summed E-state index contributed by atoms with van der Waals surface area (Å²) in [6.07, 6.45) is 0. The van der Waals surface area contributed by atoms with Gasteiger partial charge < -0.3 is 9.80 Å². The molecular formula is C18H19Cl2N5. The first-order valence-corrected chi connectivity index (χ1v) is 8.21. The minimum absolute atomic E-state index is 0. The molecule has 0 atom stereocenters. The lowest BCUT2D eigenvalue weighted by atomic mass is 10.1. The van der Waals surface area contributed by atoms with Crippen molar-refractivity contribution in [1.82, 2.24) is 19.7 Å². The summed E-state index contributed by atoms with van der Waals surface area (Å²) < 4.78 is 1.93. The van der Waals surface area contributed by atoms with Gasteiger partial charge in [-0.05, 0) is 44.4 Å². The monoisotopic (exact) mass is 375 g/mol. The van der Waals surface area contributed by atoms with Crippen molar-refractivity contribution < 1.29 is 0 Å². The molecule has 0 saturated carbocycles. The van der Waals surface area contributed by atoms with Gasteiger partial charge in [0.25, 0.3) is 0 Å². The molecule has 1 aliphatic heterocycles. The second kappa shape index (κ2) is 7.04. The van der Waals surface area contributed by atoms with E-state index in [0.29, 0.717) is 18.1 Å². The van der Waals surface area contributed by atoms with E-state index in [2.05, 4.69) is 27.0 Å². The van der Waals surface area contributed by atoms with Crippen molar-refractivity contribution in [3.8, 4) is 5.69 Å². The summed E-state index contributed by atoms with van der Waals surface area (Å²) >= 11 is 6.25. The lowest BCUT2D eigenvalue weighted by Crippen LogP contribution is -2.26. The Morgan fingerprint density at radius 1 is 1.08 bits per heavy atom. The molecule has 0 bridgehead atoms. The molecule has 1 aromatic heterocycles. The highest BCUT2D eigenvalue weighted by Crippen LogP contribution is 2.37. The minimum Gasteiger partial charge on any atom is -0.332 e. The molecule has 3 aromatic rings. The molecule has 7 heteroatoms. The summed E-state index contributed by atoms with van der Waals surface area (Å²) in [5.74, 6) is 1.76. The molecule has 2 aromatic carbocycles. The van der Waals surface area contributed by atoms with E-state index < -0.39 is 0 Å². The number of halogens is 2. The number of nitrogens with zero attached hydrogens (tertiary/aromatic N) is 5. The second-order valence-electron chi connectivity index (χ2n) is 6.15. The SMILES string of the molecule is CN(C)Cc1nc2n(n1)-c1ccc(Cl)cc1N(c1ccccc1)C2.Cl. The lowest BCUT2D eigenvalue weighted by Gasteiger charge is -2.31. The van der Waals surface area contributed by atoms with Crippen molar-refractivity contribution in [1.29, 1.82) is 0 Å². The van der Waals surface area contributed by atoms with Crippen molar-refractivity contribution in [2.75, 3.05) is 19.0 Å². The molecule has 0 radical (unpaired) electrons. The first-order chi connectivity index (χ1) is 11.6. The Bertz CT molecular complexity index is 876. The highest BCUT2D eigenvalue weighted by atomic mass is 35.5. The minimum atomic E-state index is 0. The Balaban J connectivity index is 0.00000182. The van der Waals surface area contributed by atoms with Gasteiger partial charge in [0.2, 0.25) is 0 Å². The summed E-state index contributed by atoms with van der Waals surface area (Å²) in [6.45, 7) is 1.38. The van der Waals surface area contributed by atoms with Gasteiger partial charge in [-0.2, -0.15) is 0 Å². The fourth-order valence-corrected chi connectivity index (χ4v) is 3.16. The maximum atomic E-state index is 6.25. The van der Waals surface area contributed by atoms with E-state index in [-0.39, 0.29) is 12.4 Å². The molecule has 0 saturated heterocycles. The molecule has 0 amide bonds. The molecule has 1 aliphatic rings. The normalized spacial score (nSPS) is 12.6. The van der Waals surface area contributed by atoms with E-state index in [4.69, 9.17) is 16.6 Å². The smallest absolute Gasteiger partial charge is 0.165 e. The average molecular weight is 376 g/mol. The Morgan fingerprint density at radius 3 is 2.56 bits per heavy atom. The lowest BCUT2D eigenvalue weighted by molar-refractivity contribution is 0.390. The number of anilines is 2. The second-order valence-corrected chi connectivity index (χ2v) is 6.59. The van der Waals surface area contributed by atoms with Crippen LogP contribution in [0.3, 0.4) is 0 Å². The van der Waals surface area contributed by atoms with Gasteiger partial charge in [0, 0.05) is 10.7 Å². The van der Waals surface area contributed by atoms with E-state index >= 15 is 0 Å². The van der Waals surface area contributed by atoms with Crippen LogP contribution < -0.4 is 4.90 Å². The van der Waals surface area contributed by atoms with Crippen molar-refractivity contribution in [2.45, 2.75) is 13.1 Å². The van der Waals surface area contributed by atoms with Crippen molar-refractivity contribution >= 4 is 35.4 Å². The average Bonchev–Trinajstić information content (AvgIpc) is 2.96. The van der Waals surface area contributed by atoms with E-state index in [0.717, 1.165) is 28.7 Å². The number of fused-ring (bicyclic) bond motifs is 3. The van der Waals surface area contributed by atoms with Crippen LogP contribution in [0.25, 0.3) is 5.69 Å². The van der Waals surface area contributed by atoms with Gasteiger partial charge in [-0.15, -0.1) is 17.5 Å². The Hall–Kier alpha value is -2.08. The van der Waals surface area contributed by atoms with Crippen LogP contribution in [0, 0.1) is 0 Å². The molecule has 130 valence electrons. The third-order valence-electron chi connectivity index (χ3n) is 4.00. The van der Waals surface area contributed by atoms with Gasteiger partial charge >= 0.3 is 0 Å². The summed E-state index contributed by atoms with van der Waals surface area (Å²) in [5.41, 5.74) is 3.16. The predicted octanol–water partition coefficient (Wildman–Crippen LogP) is 4.06. The summed E-state index contributed by atoms with van der Waals surface area (Å²) in [4.78, 5) is 9.02. The molecule has 0 unspecified atom stereocenters. The van der Waals surface area contributed by atoms with E-state index in [1.165, 1.54) is 0 Å². The number of benzene rings is 2. The number of rotatable bonds is 3. The molecule has 0 aliphatic carbocycles. The molecule has 0 spiro atoms. The van der Waals surface area contributed by atoms with Gasteiger partial charge in [0.15, 0.2) is 11.6 Å². The first kappa shape index (κ1) is 17.7. The Labute approximate surface area is 158 Å². The fraction of sp³-hybridized carbons (Fsp3) is 0.222. The Morgan fingerprint density at radius 2 is 1.84 bits per heavy atom. The van der Waals surface area contributed by atoms with Crippen LogP contribution in [0.1, 0.15) is 11.6 Å². The topological polar surface area (TPSA) is 37.2 Å². The van der Waals surface area contributed by atoms with E-state index in [1.54, 1.807) is 0 Å². The van der Waals surface area contributed by atoms with Gasteiger partial charge in [0.1, 0.15) is 0 Å². The van der Waals surface area contributed by atoms with Crippen LogP contribution in [-0.2, 0) is 13.1 Å². The highest BCUT2D eigenvalue weighted by Gasteiger charge is 2.26. The number of hydrogen-bond acceptors (Lipinski definition) is 4. The van der Waals surface area contributed by atoms with Crippen molar-refractivity contribution in [2.24, 2.45) is 0 Å². The van der Waals surface area contributed by atoms with Crippen molar-refractivity contribution in [3.05, 3.63) is 65.2 Å². The Kier molecular flexibility index (Phi) is 4.99. The largest absolute Gasteiger partial charge is 0.332 e. The molecule has 25 heavy (non-hydrogen) atoms. The van der Waals surface area contributed by atoms with Crippen LogP contribution >= 0.6 is 24.0 Å². The highest BCUT2D eigenvalue weighted by molar-refractivity contribution is 6.31. The van der Waals surface area contributed by atoms with Gasteiger partial charge in [-0.25, -0.2) is 9.67 Å². The quantitative estimate of drug-likeness (QED) is 0.691. The van der Waals surface area contributed by atoms with Crippen LogP contribution in [0.15, 0.2) is 48.5 Å². The predicted molar refractivity (Wildman–Crippen MR) is 103 cm³/mol. The van der Waals surface area contributed by atoms with Crippen LogP contribution in [0.2, 0.25) is 5.02 Å². The third kappa shape index (κ3) is 3.35. The standard InChI is InChI=1S/C18H18ClN5.ClH/c1-22(2)11-17-20-18-12-23(14-6-4-3-5-7-14)16-10-13(19)8-9-15(16)24(18)21-17;/h3-10H,11-12H2,1-2H3;1H. The molecular weight excluding hydrogens is 357 g/mol. The van der Waals surface area contributed by atoms with Gasteiger partial charge in [-0.3, -0.25) is 0 Å². The van der Waals surface area contributed by atoms with Crippen LogP contribution in [-0.4, -0.2) is 33.8 Å². The van der Waals surface area contributed by atoms with Crippen LogP contribution in [0.4, 0.5) is 11.4 Å². The zero-order chi connectivity index (χ0) is 16.7. The van der Waals surface area contributed by atoms with Crippen molar-refractivity contribution in [3.63, 3.8) is 0 Å². The van der Waals surface area contributed by atoms with E-state index in [9.17, 15) is 0 Å². The molecule has 0 N–H and O–H groups in total. The maximum Gasteiger partial charge on any atom is 0.165 e. The molecule has 2 heterocycles. The first-order valence-electron chi connectivity index (χ1n) is 7.84. The maximum absolute atomic E-state index is 6.25. The third-order valence-corrected chi connectivity index (χ3v) is 4.23. The number of hydrogen-bond donors (Lipinski definition) is 0. The molecule has 4 rings (SSSR count). The number of para-hydroxylation sites is 1. The van der Waals surface area contributed by atoms with Gasteiger partial charge in [0.05, 0.1) is 24.5 Å². The number of aromatic nitrogens is 3. The molecule has 5 nitrogen and oxygen atoms in total. The van der Waals surface area contributed by atoms with Crippen LogP contribution in [0.5, 0.6) is 0 Å².